The smallest absolute Gasteiger partial charge is 0.273 e. The Morgan fingerprint density at radius 2 is 1.92 bits per heavy atom. The molecule has 3 rings (SSSR count). The number of methoxy groups -OCH3 is 1. The number of ether oxygens (including phenoxy) is 2. The average molecular weight is 356 g/mol. The molecular weight excluding hydrogens is 338 g/mol. The van der Waals surface area contributed by atoms with E-state index in [1.807, 2.05) is 24.3 Å². The highest BCUT2D eigenvalue weighted by Crippen LogP contribution is 2.31. The van der Waals surface area contributed by atoms with E-state index in [4.69, 9.17) is 9.47 Å². The lowest BCUT2D eigenvalue weighted by molar-refractivity contribution is -0.385. The van der Waals surface area contributed by atoms with Gasteiger partial charge in [0.15, 0.2) is 0 Å². The van der Waals surface area contributed by atoms with Crippen LogP contribution in [0.3, 0.4) is 0 Å². The minimum Gasteiger partial charge on any atom is -0.870 e. The van der Waals surface area contributed by atoms with Crippen LogP contribution in [0.5, 0.6) is 11.5 Å². The molecule has 0 saturated carbocycles. The molecule has 0 spiro atoms. The minimum atomic E-state index is -0.573. The van der Waals surface area contributed by atoms with Crippen LogP contribution >= 0.6 is 0 Å². The first-order valence-electron chi connectivity index (χ1n) is 8.09. The molecular formula is C18H18N3O5-. The Labute approximate surface area is 150 Å². The van der Waals surface area contributed by atoms with E-state index in [1.165, 1.54) is 19.4 Å². The molecule has 1 heterocycles. The number of benzene rings is 2. The Balaban J connectivity index is 1.81. The Hall–Kier alpha value is -3.13. The second kappa shape index (κ2) is 7.83. The van der Waals surface area contributed by atoms with Crippen LogP contribution in [0, 0.1) is 10.1 Å². The van der Waals surface area contributed by atoms with Gasteiger partial charge in [0.05, 0.1) is 37.0 Å². The van der Waals surface area contributed by atoms with Crippen molar-refractivity contribution in [1.29, 1.82) is 0 Å². The third-order valence-electron chi connectivity index (χ3n) is 4.08. The van der Waals surface area contributed by atoms with Crippen LogP contribution in [0.4, 0.5) is 17.1 Å². The third kappa shape index (κ3) is 3.92. The number of morpholine rings is 1. The highest BCUT2D eigenvalue weighted by Gasteiger charge is 2.12. The van der Waals surface area contributed by atoms with Gasteiger partial charge in [-0.05, 0) is 29.8 Å². The van der Waals surface area contributed by atoms with Crippen LogP contribution in [0.2, 0.25) is 0 Å². The second-order valence-electron chi connectivity index (χ2n) is 5.70. The van der Waals surface area contributed by atoms with Crippen LogP contribution in [-0.4, -0.2) is 44.6 Å². The van der Waals surface area contributed by atoms with Crippen molar-refractivity contribution in [2.45, 2.75) is 0 Å². The van der Waals surface area contributed by atoms with E-state index in [9.17, 15) is 15.2 Å². The molecule has 0 radical (unpaired) electrons. The summed E-state index contributed by atoms with van der Waals surface area (Å²) in [6.45, 7) is 3.10. The molecule has 26 heavy (non-hydrogen) atoms. The summed E-state index contributed by atoms with van der Waals surface area (Å²) in [7, 11) is 1.30. The normalized spacial score (nSPS) is 14.6. The predicted octanol–water partition coefficient (Wildman–Crippen LogP) is 2.26. The van der Waals surface area contributed by atoms with Crippen molar-refractivity contribution in [3.8, 4) is 11.5 Å². The van der Waals surface area contributed by atoms with Crippen molar-refractivity contribution >= 4 is 23.3 Å². The zero-order chi connectivity index (χ0) is 18.5. The topological polar surface area (TPSA) is 100 Å². The molecule has 0 atom stereocenters. The number of non-ortho nitro benzene ring substituents is 1. The van der Waals surface area contributed by atoms with Gasteiger partial charge in [0.25, 0.3) is 5.69 Å². The Kier molecular flexibility index (Phi) is 5.33. The number of aliphatic imine (C=N–C) groups is 1. The van der Waals surface area contributed by atoms with Gasteiger partial charge in [-0.25, -0.2) is 0 Å². The van der Waals surface area contributed by atoms with Crippen molar-refractivity contribution in [2.24, 2.45) is 4.99 Å². The molecule has 0 unspecified atom stereocenters. The van der Waals surface area contributed by atoms with Gasteiger partial charge in [0.1, 0.15) is 5.75 Å². The lowest BCUT2D eigenvalue weighted by Crippen LogP contribution is -2.36. The maximum absolute atomic E-state index is 12.2. The van der Waals surface area contributed by atoms with Crippen LogP contribution in [0.15, 0.2) is 41.4 Å². The van der Waals surface area contributed by atoms with Gasteiger partial charge in [-0.1, -0.05) is 5.75 Å². The number of nitro benzene ring substituents is 1. The summed E-state index contributed by atoms with van der Waals surface area (Å²) in [5.41, 5.74) is 1.61. The monoisotopic (exact) mass is 356 g/mol. The molecule has 0 amide bonds. The fourth-order valence-electron chi connectivity index (χ4n) is 2.68. The molecule has 1 aliphatic rings. The minimum absolute atomic E-state index is 0.0803. The van der Waals surface area contributed by atoms with E-state index in [2.05, 4.69) is 9.89 Å². The predicted molar refractivity (Wildman–Crippen MR) is 95.8 cm³/mol. The molecule has 2 aromatic rings. The largest absolute Gasteiger partial charge is 0.870 e. The number of hydrogen-bond donors (Lipinski definition) is 0. The van der Waals surface area contributed by atoms with Crippen molar-refractivity contribution < 1.29 is 19.5 Å². The molecule has 8 heteroatoms. The zero-order valence-corrected chi connectivity index (χ0v) is 14.3. The summed E-state index contributed by atoms with van der Waals surface area (Å²) in [4.78, 5) is 16.9. The summed E-state index contributed by atoms with van der Waals surface area (Å²) < 4.78 is 10.3. The first kappa shape index (κ1) is 17.7. The molecule has 1 aliphatic heterocycles. The van der Waals surface area contributed by atoms with Gasteiger partial charge in [-0.2, -0.15) is 0 Å². The number of rotatable bonds is 5. The Bertz CT molecular complexity index is 814. The number of hydrogen-bond acceptors (Lipinski definition) is 7. The molecule has 0 aliphatic carbocycles. The van der Waals surface area contributed by atoms with Gasteiger partial charge in [-0.3, -0.25) is 15.1 Å². The summed E-state index contributed by atoms with van der Waals surface area (Å²) in [6.07, 6.45) is 1.32. The zero-order valence-electron chi connectivity index (χ0n) is 14.3. The maximum atomic E-state index is 12.2. The van der Waals surface area contributed by atoms with E-state index < -0.39 is 10.7 Å². The van der Waals surface area contributed by atoms with Crippen molar-refractivity contribution in [3.63, 3.8) is 0 Å². The van der Waals surface area contributed by atoms with Crippen molar-refractivity contribution in [2.75, 3.05) is 38.3 Å². The number of anilines is 1. The molecule has 1 saturated heterocycles. The lowest BCUT2D eigenvalue weighted by atomic mass is 10.1. The van der Waals surface area contributed by atoms with E-state index in [0.717, 1.165) is 24.8 Å². The van der Waals surface area contributed by atoms with Crippen LogP contribution in [0.25, 0.3) is 0 Å². The second-order valence-corrected chi connectivity index (χ2v) is 5.70. The van der Waals surface area contributed by atoms with Crippen LogP contribution in [0.1, 0.15) is 5.56 Å². The summed E-state index contributed by atoms with van der Waals surface area (Å²) in [5.74, 6) is -0.518. The summed E-state index contributed by atoms with van der Waals surface area (Å²) >= 11 is 0. The van der Waals surface area contributed by atoms with Gasteiger partial charge in [0, 0.05) is 31.1 Å². The molecule has 0 N–H and O–H groups in total. The lowest BCUT2D eigenvalue weighted by Gasteiger charge is -2.28. The molecule has 2 aromatic carbocycles. The van der Waals surface area contributed by atoms with Gasteiger partial charge in [-0.15, -0.1) is 0 Å². The van der Waals surface area contributed by atoms with E-state index in [-0.39, 0.29) is 17.0 Å². The third-order valence-corrected chi connectivity index (χ3v) is 4.08. The molecule has 0 aromatic heterocycles. The standard InChI is InChI=1S/C18H19N3O5/c1-25-17-11-16(21(23)24)10-13(18(17)22)12-19-14-2-4-15(5-3-14)20-6-8-26-9-7-20/h2-5,10-12,22H,6-9H2,1H3/p-1. The van der Waals surface area contributed by atoms with Crippen molar-refractivity contribution in [1.82, 2.24) is 0 Å². The van der Waals surface area contributed by atoms with Crippen LogP contribution in [-0.2, 0) is 4.74 Å². The maximum Gasteiger partial charge on any atom is 0.273 e. The summed E-state index contributed by atoms with van der Waals surface area (Å²) in [5, 5.41) is 23.2. The Morgan fingerprint density at radius 3 is 2.54 bits per heavy atom. The van der Waals surface area contributed by atoms with Gasteiger partial charge >= 0.3 is 0 Å². The fraction of sp³-hybridized carbons (Fsp3) is 0.278. The molecule has 136 valence electrons. The average Bonchev–Trinajstić information content (AvgIpc) is 2.68. The quantitative estimate of drug-likeness (QED) is 0.463. The van der Waals surface area contributed by atoms with E-state index >= 15 is 0 Å². The van der Waals surface area contributed by atoms with E-state index in [0.29, 0.717) is 18.9 Å². The molecule has 1 fully saturated rings. The van der Waals surface area contributed by atoms with Gasteiger partial charge < -0.3 is 19.5 Å². The van der Waals surface area contributed by atoms with E-state index in [1.54, 1.807) is 0 Å². The fourth-order valence-corrected chi connectivity index (χ4v) is 2.68. The molecule has 8 nitrogen and oxygen atoms in total. The highest BCUT2D eigenvalue weighted by atomic mass is 16.6. The Morgan fingerprint density at radius 1 is 1.23 bits per heavy atom. The van der Waals surface area contributed by atoms with Crippen molar-refractivity contribution in [3.05, 3.63) is 52.1 Å². The van der Waals surface area contributed by atoms with Crippen LogP contribution < -0.4 is 14.7 Å². The molecule has 0 bridgehead atoms. The highest BCUT2D eigenvalue weighted by molar-refractivity contribution is 5.87. The SMILES string of the molecule is COc1cc([N+](=O)[O-])cc(C=Nc2ccc(N3CCOCC3)cc2)c1[O-]. The number of nitro groups is 1. The summed E-state index contributed by atoms with van der Waals surface area (Å²) in [6, 6.07) is 9.86. The first-order valence-corrected chi connectivity index (χ1v) is 8.09. The van der Waals surface area contributed by atoms with Gasteiger partial charge in [0.2, 0.25) is 0 Å². The first-order chi connectivity index (χ1) is 12.6. The number of nitrogens with zero attached hydrogens (tertiary/aromatic N) is 3.